The number of aryl methyl sites for hydroxylation is 1. The average molecular weight is 372 g/mol. The molecule has 0 fully saturated rings. The number of para-hydroxylation sites is 2. The summed E-state index contributed by atoms with van der Waals surface area (Å²) in [6.07, 6.45) is 4.87. The van der Waals surface area contributed by atoms with Crippen molar-refractivity contribution >= 4 is 22.5 Å². The molecule has 0 saturated heterocycles. The van der Waals surface area contributed by atoms with Crippen LogP contribution in [0, 0.1) is 6.92 Å². The van der Waals surface area contributed by atoms with E-state index < -0.39 is 0 Å². The molecule has 0 bridgehead atoms. The van der Waals surface area contributed by atoms with Crippen LogP contribution in [-0.2, 0) is 0 Å². The van der Waals surface area contributed by atoms with E-state index in [9.17, 15) is 4.79 Å². The lowest BCUT2D eigenvalue weighted by Crippen LogP contribution is -2.37. The second-order valence-corrected chi connectivity index (χ2v) is 7.15. The van der Waals surface area contributed by atoms with Gasteiger partial charge in [-0.05, 0) is 36.6 Å². The number of hydrogen-bond donors (Lipinski definition) is 1. The van der Waals surface area contributed by atoms with E-state index >= 15 is 0 Å². The van der Waals surface area contributed by atoms with E-state index in [2.05, 4.69) is 57.4 Å². The Bertz CT molecular complexity index is 1010. The molecule has 1 amide bonds. The number of carbonyl (C=O) groups excluding carboxylic acids is 1. The van der Waals surface area contributed by atoms with Gasteiger partial charge in [-0.1, -0.05) is 48.0 Å². The lowest BCUT2D eigenvalue weighted by atomic mass is 9.98. The predicted octanol–water partition coefficient (Wildman–Crippen LogP) is 3.46. The molecular weight excluding hydrogens is 348 g/mol. The van der Waals surface area contributed by atoms with Gasteiger partial charge in [0, 0.05) is 26.2 Å². The molecule has 2 aromatic carbocycles. The predicted molar refractivity (Wildman–Crippen MR) is 112 cm³/mol. The quantitative estimate of drug-likeness (QED) is 0.745. The second kappa shape index (κ2) is 8.31. The van der Waals surface area contributed by atoms with Gasteiger partial charge in [-0.25, -0.2) is 4.98 Å². The van der Waals surface area contributed by atoms with Gasteiger partial charge in [0.15, 0.2) is 0 Å². The molecule has 4 rings (SSSR count). The van der Waals surface area contributed by atoms with Crippen LogP contribution in [0.2, 0.25) is 0 Å². The molecule has 5 heteroatoms. The third kappa shape index (κ3) is 4.26. The summed E-state index contributed by atoms with van der Waals surface area (Å²) >= 11 is 0. The minimum atomic E-state index is -0.175. The number of nitrogens with one attached hydrogen (secondary N) is 1. The van der Waals surface area contributed by atoms with Crippen LogP contribution in [0.5, 0.6) is 0 Å². The van der Waals surface area contributed by atoms with Crippen LogP contribution < -0.4 is 5.32 Å². The van der Waals surface area contributed by atoms with Gasteiger partial charge in [-0.15, -0.1) is 0 Å². The van der Waals surface area contributed by atoms with E-state index in [0.717, 1.165) is 37.1 Å². The summed E-state index contributed by atoms with van der Waals surface area (Å²) < 4.78 is 0. The standard InChI is InChI=1S/C23H24N4O/c1-17-6-8-18(9-7-17)19-10-13-27(14-11-19)15-12-24-23(28)22-16-25-20-4-2-3-5-21(20)26-22/h2-10,16H,11-15H2,1H3,(H,24,28). The van der Waals surface area contributed by atoms with Crippen molar-refractivity contribution in [3.8, 4) is 0 Å². The lowest BCUT2D eigenvalue weighted by Gasteiger charge is -2.26. The summed E-state index contributed by atoms with van der Waals surface area (Å²) in [6.45, 7) is 5.45. The van der Waals surface area contributed by atoms with Crippen LogP contribution >= 0.6 is 0 Å². The van der Waals surface area contributed by atoms with Crippen molar-refractivity contribution < 1.29 is 4.79 Å². The normalized spacial score (nSPS) is 14.7. The number of rotatable bonds is 5. The van der Waals surface area contributed by atoms with Crippen molar-refractivity contribution in [3.05, 3.63) is 77.6 Å². The smallest absolute Gasteiger partial charge is 0.271 e. The third-order valence-corrected chi connectivity index (χ3v) is 5.11. The number of hydrogen-bond acceptors (Lipinski definition) is 4. The maximum atomic E-state index is 12.4. The largest absolute Gasteiger partial charge is 0.349 e. The molecule has 0 saturated carbocycles. The molecule has 1 aliphatic rings. The molecule has 0 unspecified atom stereocenters. The highest BCUT2D eigenvalue weighted by molar-refractivity contribution is 5.93. The molecule has 1 aliphatic heterocycles. The Morgan fingerprint density at radius 1 is 1.11 bits per heavy atom. The molecule has 0 radical (unpaired) electrons. The first-order valence-corrected chi connectivity index (χ1v) is 9.67. The second-order valence-electron chi connectivity index (χ2n) is 7.15. The van der Waals surface area contributed by atoms with Gasteiger partial charge in [0.25, 0.3) is 5.91 Å². The first-order chi connectivity index (χ1) is 13.7. The lowest BCUT2D eigenvalue weighted by molar-refractivity contribution is 0.0944. The molecule has 0 atom stereocenters. The monoisotopic (exact) mass is 372 g/mol. The Kier molecular flexibility index (Phi) is 5.44. The molecule has 142 valence electrons. The van der Waals surface area contributed by atoms with Crippen LogP contribution in [0.4, 0.5) is 0 Å². The van der Waals surface area contributed by atoms with Gasteiger partial charge in [0.05, 0.1) is 17.2 Å². The van der Waals surface area contributed by atoms with E-state index in [1.54, 1.807) is 0 Å². The van der Waals surface area contributed by atoms with Crippen LogP contribution in [0.15, 0.2) is 60.8 Å². The number of benzene rings is 2. The highest BCUT2D eigenvalue weighted by Gasteiger charge is 2.14. The molecule has 0 aliphatic carbocycles. The zero-order chi connectivity index (χ0) is 19.3. The van der Waals surface area contributed by atoms with Gasteiger partial charge in [0.1, 0.15) is 5.69 Å². The van der Waals surface area contributed by atoms with Crippen molar-refractivity contribution in [1.29, 1.82) is 0 Å². The summed E-state index contributed by atoms with van der Waals surface area (Å²) in [5, 5.41) is 2.96. The minimum Gasteiger partial charge on any atom is -0.349 e. The summed E-state index contributed by atoms with van der Waals surface area (Å²) in [4.78, 5) is 23.4. The van der Waals surface area contributed by atoms with Crippen LogP contribution in [0.3, 0.4) is 0 Å². The van der Waals surface area contributed by atoms with Crippen LogP contribution in [-0.4, -0.2) is 47.0 Å². The summed E-state index contributed by atoms with van der Waals surface area (Å²) in [6, 6.07) is 16.3. The molecule has 28 heavy (non-hydrogen) atoms. The number of amides is 1. The highest BCUT2D eigenvalue weighted by atomic mass is 16.1. The van der Waals surface area contributed by atoms with Crippen molar-refractivity contribution in [2.75, 3.05) is 26.2 Å². The van der Waals surface area contributed by atoms with E-state index in [1.165, 1.54) is 22.9 Å². The van der Waals surface area contributed by atoms with Crippen molar-refractivity contribution in [1.82, 2.24) is 20.2 Å². The fourth-order valence-corrected chi connectivity index (χ4v) is 3.43. The number of carbonyl (C=O) groups is 1. The van der Waals surface area contributed by atoms with Crippen molar-refractivity contribution in [2.24, 2.45) is 0 Å². The summed E-state index contributed by atoms with van der Waals surface area (Å²) in [5.74, 6) is -0.175. The first-order valence-electron chi connectivity index (χ1n) is 9.67. The Labute approximate surface area is 165 Å². The van der Waals surface area contributed by atoms with Crippen molar-refractivity contribution in [2.45, 2.75) is 13.3 Å². The highest BCUT2D eigenvalue weighted by Crippen LogP contribution is 2.22. The zero-order valence-corrected chi connectivity index (χ0v) is 16.1. The zero-order valence-electron chi connectivity index (χ0n) is 16.1. The fraction of sp³-hybridized carbons (Fsp3) is 0.261. The van der Waals surface area contributed by atoms with Crippen molar-refractivity contribution in [3.63, 3.8) is 0 Å². The molecule has 0 spiro atoms. The topological polar surface area (TPSA) is 58.1 Å². The molecule has 5 nitrogen and oxygen atoms in total. The molecule has 1 N–H and O–H groups in total. The Hall–Kier alpha value is -3.05. The Balaban J connectivity index is 1.28. The van der Waals surface area contributed by atoms with Gasteiger partial charge < -0.3 is 5.32 Å². The maximum absolute atomic E-state index is 12.4. The van der Waals surface area contributed by atoms with Crippen LogP contribution in [0.25, 0.3) is 16.6 Å². The number of fused-ring (bicyclic) bond motifs is 1. The fourth-order valence-electron chi connectivity index (χ4n) is 3.43. The molecule has 3 aromatic rings. The van der Waals surface area contributed by atoms with E-state index in [4.69, 9.17) is 0 Å². The van der Waals surface area contributed by atoms with Gasteiger partial charge in [-0.2, -0.15) is 0 Å². The molecule has 1 aromatic heterocycles. The number of nitrogens with zero attached hydrogens (tertiary/aromatic N) is 3. The molecular formula is C23H24N4O. The number of aromatic nitrogens is 2. The minimum absolute atomic E-state index is 0.175. The average Bonchev–Trinajstić information content (AvgIpc) is 2.74. The van der Waals surface area contributed by atoms with Gasteiger partial charge >= 0.3 is 0 Å². The van der Waals surface area contributed by atoms with Gasteiger partial charge in [0.2, 0.25) is 0 Å². The summed E-state index contributed by atoms with van der Waals surface area (Å²) in [7, 11) is 0. The Morgan fingerprint density at radius 2 is 1.89 bits per heavy atom. The first kappa shape index (κ1) is 18.3. The third-order valence-electron chi connectivity index (χ3n) is 5.11. The van der Waals surface area contributed by atoms with E-state index in [0.29, 0.717) is 12.2 Å². The van der Waals surface area contributed by atoms with Crippen LogP contribution in [0.1, 0.15) is 28.0 Å². The Morgan fingerprint density at radius 3 is 2.64 bits per heavy atom. The van der Waals surface area contributed by atoms with E-state index in [-0.39, 0.29) is 5.91 Å². The SMILES string of the molecule is Cc1ccc(C2=CCN(CCNC(=O)c3cnc4ccccc4n3)CC2)cc1. The van der Waals surface area contributed by atoms with E-state index in [1.807, 2.05) is 24.3 Å². The van der Waals surface area contributed by atoms with Gasteiger partial charge in [-0.3, -0.25) is 14.7 Å². The summed E-state index contributed by atoms with van der Waals surface area (Å²) in [5.41, 5.74) is 5.90. The molecule has 2 heterocycles. The maximum Gasteiger partial charge on any atom is 0.271 e.